The number of benzene rings is 1. The van der Waals surface area contributed by atoms with Gasteiger partial charge in [-0.05, 0) is 31.9 Å². The second-order valence-corrected chi connectivity index (χ2v) is 6.15. The molecule has 1 N–H and O–H groups in total. The van der Waals surface area contributed by atoms with Gasteiger partial charge in [-0.25, -0.2) is 0 Å². The van der Waals surface area contributed by atoms with Crippen molar-refractivity contribution in [2.45, 2.75) is 38.4 Å². The van der Waals surface area contributed by atoms with Crippen LogP contribution in [0.3, 0.4) is 0 Å². The molecule has 5 heteroatoms. The third-order valence-electron chi connectivity index (χ3n) is 4.38. The molecule has 5 nitrogen and oxygen atoms in total. The number of hydrogen-bond acceptors (Lipinski definition) is 4. The topological polar surface area (TPSA) is 64.6 Å². The van der Waals surface area contributed by atoms with Gasteiger partial charge in [-0.15, -0.1) is 0 Å². The van der Waals surface area contributed by atoms with Crippen LogP contribution < -0.4 is 5.32 Å². The number of anilines is 1. The number of nitrogens with one attached hydrogen (secondary N) is 1. The van der Waals surface area contributed by atoms with Crippen LogP contribution in [0.15, 0.2) is 36.6 Å². The summed E-state index contributed by atoms with van der Waals surface area (Å²) >= 11 is 0. The first-order valence-electron chi connectivity index (χ1n) is 7.96. The number of carbonyl (C=O) groups excluding carboxylic acids is 2. The van der Waals surface area contributed by atoms with E-state index in [4.69, 9.17) is 9.47 Å². The van der Waals surface area contributed by atoms with Crippen molar-refractivity contribution in [1.82, 2.24) is 0 Å². The van der Waals surface area contributed by atoms with E-state index in [2.05, 4.69) is 5.32 Å². The van der Waals surface area contributed by atoms with E-state index in [1.165, 1.54) is 12.3 Å². The van der Waals surface area contributed by atoms with Gasteiger partial charge in [0.05, 0.1) is 18.3 Å². The van der Waals surface area contributed by atoms with Gasteiger partial charge < -0.3 is 14.8 Å². The molecule has 1 aromatic rings. The summed E-state index contributed by atoms with van der Waals surface area (Å²) in [6, 6.07) is 7.63. The fraction of sp³-hybridized carbons (Fsp3) is 0.444. The third kappa shape index (κ3) is 3.99. The highest BCUT2D eigenvalue weighted by Gasteiger charge is 2.37. The van der Waals surface area contributed by atoms with Crippen molar-refractivity contribution in [2.75, 3.05) is 11.9 Å². The molecule has 0 saturated heterocycles. The maximum Gasteiger partial charge on any atom is 0.250 e. The number of aryl methyl sites for hydroxylation is 1. The Kier molecular flexibility index (Phi) is 4.76. The number of carbonyl (C=O) groups is 2. The zero-order valence-electron chi connectivity index (χ0n) is 13.2. The maximum absolute atomic E-state index is 11.9. The van der Waals surface area contributed by atoms with Crippen LogP contribution in [0.1, 0.15) is 24.8 Å². The normalized spacial score (nSPS) is 26.3. The number of amides is 1. The Morgan fingerprint density at radius 3 is 2.87 bits per heavy atom. The van der Waals surface area contributed by atoms with E-state index < -0.39 is 0 Å². The Morgan fingerprint density at radius 1 is 1.30 bits per heavy atom. The molecule has 3 rings (SSSR count). The smallest absolute Gasteiger partial charge is 0.250 e. The predicted molar refractivity (Wildman–Crippen MR) is 85.9 cm³/mol. The van der Waals surface area contributed by atoms with E-state index in [1.54, 1.807) is 0 Å². The van der Waals surface area contributed by atoms with Crippen LogP contribution in [-0.4, -0.2) is 30.5 Å². The zero-order valence-corrected chi connectivity index (χ0v) is 13.2. The molecule has 1 fully saturated rings. The molecule has 1 aromatic carbocycles. The molecule has 23 heavy (non-hydrogen) atoms. The number of allylic oxidation sites excluding steroid dienone is 1. The van der Waals surface area contributed by atoms with E-state index in [0.717, 1.165) is 24.1 Å². The molecule has 1 amide bonds. The highest BCUT2D eigenvalue weighted by Crippen LogP contribution is 2.32. The minimum absolute atomic E-state index is 0.0136. The minimum Gasteiger partial charge on any atom is -0.497 e. The fourth-order valence-electron chi connectivity index (χ4n) is 3.08. The molecular weight excluding hydrogens is 294 g/mol. The van der Waals surface area contributed by atoms with E-state index in [-0.39, 0.29) is 36.4 Å². The molecule has 1 aliphatic carbocycles. The summed E-state index contributed by atoms with van der Waals surface area (Å²) in [6.07, 6.45) is 4.98. The minimum atomic E-state index is -0.170. The first kappa shape index (κ1) is 15.7. The Bertz CT molecular complexity index is 608. The van der Waals surface area contributed by atoms with Gasteiger partial charge in [-0.2, -0.15) is 0 Å². The van der Waals surface area contributed by atoms with Crippen LogP contribution in [0, 0.1) is 12.8 Å². The summed E-state index contributed by atoms with van der Waals surface area (Å²) in [7, 11) is 0. The van der Waals surface area contributed by atoms with Crippen molar-refractivity contribution in [3.05, 3.63) is 42.2 Å². The first-order valence-corrected chi connectivity index (χ1v) is 7.96. The molecule has 0 spiro atoms. The quantitative estimate of drug-likeness (QED) is 0.927. The average Bonchev–Trinajstić information content (AvgIpc) is 2.55. The van der Waals surface area contributed by atoms with Crippen molar-refractivity contribution < 1.29 is 19.1 Å². The Balaban J connectivity index is 1.45. The Labute approximate surface area is 135 Å². The van der Waals surface area contributed by atoms with E-state index in [0.29, 0.717) is 6.42 Å². The van der Waals surface area contributed by atoms with Crippen molar-refractivity contribution in [2.24, 2.45) is 5.92 Å². The monoisotopic (exact) mass is 315 g/mol. The highest BCUT2D eigenvalue weighted by molar-refractivity contribution is 5.93. The van der Waals surface area contributed by atoms with Crippen molar-refractivity contribution >= 4 is 17.4 Å². The molecule has 1 saturated carbocycles. The second kappa shape index (κ2) is 6.96. The standard InChI is InChI=1S/C18H21NO4/c1-12-2-4-13(5-3-12)19-18(21)11-23-14-6-7-15-16(20)8-9-22-17(15)10-14/h2-5,8-9,14-15,17H,6-7,10-11H2,1H3,(H,19,21). The lowest BCUT2D eigenvalue weighted by molar-refractivity contribution is -0.133. The molecule has 2 aliphatic rings. The SMILES string of the molecule is Cc1ccc(NC(=O)COC2CCC3C(=O)C=COC3C2)cc1. The largest absolute Gasteiger partial charge is 0.497 e. The number of rotatable bonds is 4. The van der Waals surface area contributed by atoms with E-state index in [9.17, 15) is 9.59 Å². The number of ether oxygens (including phenoxy) is 2. The van der Waals surface area contributed by atoms with Gasteiger partial charge >= 0.3 is 0 Å². The van der Waals surface area contributed by atoms with Crippen LogP contribution in [0.25, 0.3) is 0 Å². The van der Waals surface area contributed by atoms with Crippen molar-refractivity contribution in [1.29, 1.82) is 0 Å². The van der Waals surface area contributed by atoms with Gasteiger partial charge in [0, 0.05) is 18.2 Å². The summed E-state index contributed by atoms with van der Waals surface area (Å²) in [5.74, 6) is -0.0884. The van der Waals surface area contributed by atoms with Gasteiger partial charge in [0.15, 0.2) is 5.78 Å². The Hall–Kier alpha value is -2.14. The van der Waals surface area contributed by atoms with E-state index in [1.807, 2.05) is 31.2 Å². The van der Waals surface area contributed by atoms with Crippen LogP contribution in [0.4, 0.5) is 5.69 Å². The molecule has 0 bridgehead atoms. The van der Waals surface area contributed by atoms with Gasteiger partial charge in [0.25, 0.3) is 0 Å². The lowest BCUT2D eigenvalue weighted by atomic mass is 9.81. The molecule has 122 valence electrons. The molecule has 0 aromatic heterocycles. The predicted octanol–water partition coefficient (Wildman–Crippen LogP) is 2.60. The summed E-state index contributed by atoms with van der Waals surface area (Å²) in [6.45, 7) is 2.01. The van der Waals surface area contributed by atoms with Crippen molar-refractivity contribution in [3.8, 4) is 0 Å². The summed E-state index contributed by atoms with van der Waals surface area (Å²) in [4.78, 5) is 23.7. The maximum atomic E-state index is 11.9. The number of ketones is 1. The lowest BCUT2D eigenvalue weighted by Crippen LogP contribution is -2.40. The first-order chi connectivity index (χ1) is 11.1. The summed E-state index contributed by atoms with van der Waals surface area (Å²) < 4.78 is 11.2. The third-order valence-corrected chi connectivity index (χ3v) is 4.38. The Morgan fingerprint density at radius 2 is 2.09 bits per heavy atom. The van der Waals surface area contributed by atoms with Crippen molar-refractivity contribution in [3.63, 3.8) is 0 Å². The van der Waals surface area contributed by atoms with Crippen LogP contribution in [0.5, 0.6) is 0 Å². The van der Waals surface area contributed by atoms with E-state index >= 15 is 0 Å². The average molecular weight is 315 g/mol. The molecule has 0 radical (unpaired) electrons. The molecule has 1 heterocycles. The number of fused-ring (bicyclic) bond motifs is 1. The molecule has 3 unspecified atom stereocenters. The molecule has 1 aliphatic heterocycles. The summed E-state index contributed by atoms with van der Waals surface area (Å²) in [5, 5.41) is 2.81. The van der Waals surface area contributed by atoms with Crippen LogP contribution in [0.2, 0.25) is 0 Å². The zero-order chi connectivity index (χ0) is 16.2. The van der Waals surface area contributed by atoms with Gasteiger partial charge in [0.2, 0.25) is 5.91 Å². The molecule has 3 atom stereocenters. The fourth-order valence-corrected chi connectivity index (χ4v) is 3.08. The number of hydrogen-bond donors (Lipinski definition) is 1. The summed E-state index contributed by atoms with van der Waals surface area (Å²) in [5.41, 5.74) is 1.91. The second-order valence-electron chi connectivity index (χ2n) is 6.15. The van der Waals surface area contributed by atoms with Gasteiger partial charge in [-0.3, -0.25) is 9.59 Å². The highest BCUT2D eigenvalue weighted by atomic mass is 16.5. The van der Waals surface area contributed by atoms with Gasteiger partial charge in [-0.1, -0.05) is 17.7 Å². The van der Waals surface area contributed by atoms with Crippen LogP contribution in [-0.2, 0) is 19.1 Å². The lowest BCUT2D eigenvalue weighted by Gasteiger charge is -2.35. The molecular formula is C18H21NO4. The van der Waals surface area contributed by atoms with Gasteiger partial charge in [0.1, 0.15) is 12.7 Å². The van der Waals surface area contributed by atoms with Crippen LogP contribution >= 0.6 is 0 Å².